The molecule has 0 radical (unpaired) electrons. The summed E-state index contributed by atoms with van der Waals surface area (Å²) in [7, 11) is 0. The molecule has 21 heavy (non-hydrogen) atoms. The van der Waals surface area contributed by atoms with Crippen LogP contribution in [-0.2, 0) is 6.42 Å². The third-order valence-electron chi connectivity index (χ3n) is 4.34. The van der Waals surface area contributed by atoms with Gasteiger partial charge >= 0.3 is 0 Å². The molecule has 1 unspecified atom stereocenters. The smallest absolute Gasteiger partial charge is 0.0571 e. The molecule has 0 spiro atoms. The number of fused-ring (bicyclic) bond motifs is 1. The van der Waals surface area contributed by atoms with Crippen molar-refractivity contribution in [1.82, 2.24) is 0 Å². The van der Waals surface area contributed by atoms with Crippen LogP contribution in [0.15, 0.2) is 40.9 Å². The monoisotopic (exact) mass is 363 g/mol. The average molecular weight is 365 g/mol. The van der Waals surface area contributed by atoms with Gasteiger partial charge in [-0.3, -0.25) is 0 Å². The zero-order chi connectivity index (χ0) is 15.2. The number of rotatable bonds is 2. The van der Waals surface area contributed by atoms with Crippen molar-refractivity contribution in [3.8, 4) is 0 Å². The molecule has 1 nitrogen and oxygen atoms in total. The first-order chi connectivity index (χ1) is 9.88. The lowest BCUT2D eigenvalue weighted by molar-refractivity contribution is 0.337. The Bertz CT molecular complexity index is 694. The largest absolute Gasteiger partial charge is 0.377 e. The summed E-state index contributed by atoms with van der Waals surface area (Å²) in [6.45, 7) is 6.73. The van der Waals surface area contributed by atoms with E-state index in [9.17, 15) is 0 Å². The number of nitrogens with one attached hydrogen (secondary N) is 1. The number of anilines is 1. The van der Waals surface area contributed by atoms with Crippen molar-refractivity contribution in [3.05, 3.63) is 62.6 Å². The van der Waals surface area contributed by atoms with Crippen molar-refractivity contribution in [2.45, 2.75) is 33.2 Å². The Morgan fingerprint density at radius 3 is 2.76 bits per heavy atom. The first-order valence-corrected chi connectivity index (χ1v) is 8.35. The number of hydrogen-bond acceptors (Lipinski definition) is 1. The number of halogens is 2. The summed E-state index contributed by atoms with van der Waals surface area (Å²) in [6.07, 6.45) is 1.07. The van der Waals surface area contributed by atoms with Gasteiger partial charge in [-0.15, -0.1) is 0 Å². The fourth-order valence-electron chi connectivity index (χ4n) is 3.20. The molecule has 1 aliphatic rings. The van der Waals surface area contributed by atoms with Gasteiger partial charge in [0.25, 0.3) is 0 Å². The molecule has 2 aromatic carbocycles. The topological polar surface area (TPSA) is 12.0 Å². The lowest BCUT2D eigenvalue weighted by Crippen LogP contribution is -2.24. The molecule has 0 saturated heterocycles. The quantitative estimate of drug-likeness (QED) is 0.674. The fourth-order valence-corrected chi connectivity index (χ4v) is 3.76. The summed E-state index contributed by atoms with van der Waals surface area (Å²) in [4.78, 5) is 0. The Kier molecular flexibility index (Phi) is 3.79. The van der Waals surface area contributed by atoms with E-state index in [0.717, 1.165) is 21.6 Å². The second-order valence-electron chi connectivity index (χ2n) is 6.52. The Hall–Kier alpha value is -0.990. The van der Waals surface area contributed by atoms with Crippen LogP contribution in [0.1, 0.15) is 36.6 Å². The van der Waals surface area contributed by atoms with Gasteiger partial charge < -0.3 is 5.32 Å². The lowest BCUT2D eigenvalue weighted by Gasteiger charge is -2.30. The highest BCUT2D eigenvalue weighted by Crippen LogP contribution is 2.48. The second kappa shape index (κ2) is 5.33. The standard InChI is InChI=1S/C18H19BrClN/c1-11-5-4-6-15(16(11)19)21-17-14-9-13(20)8-7-12(14)10-18(17,2)3/h4-9,17,21H,10H2,1-3H3. The Balaban J connectivity index is 2.02. The van der Waals surface area contributed by atoms with Crippen LogP contribution in [0, 0.1) is 12.3 Å². The second-order valence-corrected chi connectivity index (χ2v) is 7.75. The molecule has 0 aliphatic heterocycles. The molecule has 0 bridgehead atoms. The van der Waals surface area contributed by atoms with Gasteiger partial charge in [0.05, 0.1) is 6.04 Å². The van der Waals surface area contributed by atoms with Gasteiger partial charge in [0.2, 0.25) is 0 Å². The van der Waals surface area contributed by atoms with E-state index in [1.54, 1.807) is 0 Å². The minimum atomic E-state index is 0.163. The molecular formula is C18H19BrClN. The van der Waals surface area contributed by atoms with Gasteiger partial charge in [0, 0.05) is 15.2 Å². The van der Waals surface area contributed by atoms with Crippen LogP contribution in [0.3, 0.4) is 0 Å². The van der Waals surface area contributed by atoms with Crippen molar-refractivity contribution >= 4 is 33.2 Å². The van der Waals surface area contributed by atoms with Gasteiger partial charge in [-0.2, -0.15) is 0 Å². The Labute approximate surface area is 139 Å². The molecule has 1 aliphatic carbocycles. The summed E-state index contributed by atoms with van der Waals surface area (Å²) in [6, 6.07) is 12.8. The van der Waals surface area contributed by atoms with E-state index < -0.39 is 0 Å². The van der Waals surface area contributed by atoms with Gasteiger partial charge in [-0.05, 0) is 69.6 Å². The number of benzene rings is 2. The molecule has 1 atom stereocenters. The number of hydrogen-bond donors (Lipinski definition) is 1. The van der Waals surface area contributed by atoms with Crippen molar-refractivity contribution < 1.29 is 0 Å². The van der Waals surface area contributed by atoms with E-state index >= 15 is 0 Å². The maximum atomic E-state index is 6.20. The van der Waals surface area contributed by atoms with E-state index in [1.165, 1.54) is 16.7 Å². The molecule has 1 N–H and O–H groups in total. The maximum absolute atomic E-state index is 6.20. The first kappa shape index (κ1) is 14.9. The predicted octanol–water partition coefficient (Wildman–Crippen LogP) is 6.15. The summed E-state index contributed by atoms with van der Waals surface area (Å²) in [5, 5.41) is 4.53. The van der Waals surface area contributed by atoms with Crippen molar-refractivity contribution in [3.63, 3.8) is 0 Å². The summed E-state index contributed by atoms with van der Waals surface area (Å²) in [5.41, 5.74) is 5.26. The fraction of sp³-hybridized carbons (Fsp3) is 0.333. The molecule has 110 valence electrons. The van der Waals surface area contributed by atoms with Crippen LogP contribution in [0.5, 0.6) is 0 Å². The van der Waals surface area contributed by atoms with E-state index in [1.807, 2.05) is 6.07 Å². The molecule has 3 rings (SSSR count). The van der Waals surface area contributed by atoms with Crippen LogP contribution in [0.4, 0.5) is 5.69 Å². The summed E-state index contributed by atoms with van der Waals surface area (Å²) >= 11 is 9.90. The van der Waals surface area contributed by atoms with Crippen LogP contribution in [0.25, 0.3) is 0 Å². The lowest BCUT2D eigenvalue weighted by atomic mass is 9.85. The van der Waals surface area contributed by atoms with Crippen LogP contribution in [-0.4, -0.2) is 0 Å². The van der Waals surface area contributed by atoms with E-state index in [2.05, 4.69) is 72.3 Å². The molecular weight excluding hydrogens is 346 g/mol. The minimum absolute atomic E-state index is 0.163. The Morgan fingerprint density at radius 2 is 2.00 bits per heavy atom. The summed E-state index contributed by atoms with van der Waals surface area (Å²) in [5.74, 6) is 0. The molecule has 2 aromatic rings. The number of aryl methyl sites for hydroxylation is 1. The minimum Gasteiger partial charge on any atom is -0.377 e. The molecule has 0 fully saturated rings. The van der Waals surface area contributed by atoms with Crippen molar-refractivity contribution in [2.75, 3.05) is 5.32 Å². The first-order valence-electron chi connectivity index (χ1n) is 7.18. The van der Waals surface area contributed by atoms with Crippen LogP contribution in [0.2, 0.25) is 5.02 Å². The molecule has 0 aromatic heterocycles. The highest BCUT2D eigenvalue weighted by molar-refractivity contribution is 9.10. The molecule has 0 saturated carbocycles. The van der Waals surface area contributed by atoms with Gasteiger partial charge in [-0.25, -0.2) is 0 Å². The van der Waals surface area contributed by atoms with Crippen LogP contribution >= 0.6 is 27.5 Å². The van der Waals surface area contributed by atoms with Gasteiger partial charge in [-0.1, -0.05) is 43.6 Å². The zero-order valence-corrected chi connectivity index (χ0v) is 14.8. The normalized spacial score (nSPS) is 19.4. The molecule has 3 heteroatoms. The Morgan fingerprint density at radius 1 is 1.24 bits per heavy atom. The van der Waals surface area contributed by atoms with E-state index in [4.69, 9.17) is 11.6 Å². The summed E-state index contributed by atoms with van der Waals surface area (Å²) < 4.78 is 1.14. The highest BCUT2D eigenvalue weighted by Gasteiger charge is 2.39. The average Bonchev–Trinajstić information content (AvgIpc) is 2.66. The zero-order valence-electron chi connectivity index (χ0n) is 12.5. The van der Waals surface area contributed by atoms with Gasteiger partial charge in [0.15, 0.2) is 0 Å². The molecule has 0 amide bonds. The van der Waals surface area contributed by atoms with Crippen LogP contribution < -0.4 is 5.32 Å². The highest BCUT2D eigenvalue weighted by atomic mass is 79.9. The third kappa shape index (κ3) is 2.72. The van der Waals surface area contributed by atoms with Crippen molar-refractivity contribution in [1.29, 1.82) is 0 Å². The van der Waals surface area contributed by atoms with E-state index in [-0.39, 0.29) is 11.5 Å². The third-order valence-corrected chi connectivity index (χ3v) is 5.63. The van der Waals surface area contributed by atoms with E-state index in [0.29, 0.717) is 0 Å². The maximum Gasteiger partial charge on any atom is 0.0571 e. The van der Waals surface area contributed by atoms with Crippen molar-refractivity contribution in [2.24, 2.45) is 5.41 Å². The van der Waals surface area contributed by atoms with Gasteiger partial charge in [0.1, 0.15) is 0 Å². The predicted molar refractivity (Wildman–Crippen MR) is 94.2 cm³/mol. The molecule has 0 heterocycles. The SMILES string of the molecule is Cc1cccc(NC2c3cc(Cl)ccc3CC2(C)C)c1Br.